The number of aromatic amines is 1. The number of pyridine rings is 1. The smallest absolute Gasteiger partial charge is 0.255 e. The van der Waals surface area contributed by atoms with Crippen molar-refractivity contribution in [3.05, 3.63) is 34.5 Å². The van der Waals surface area contributed by atoms with Gasteiger partial charge in [-0.05, 0) is 28.9 Å². The monoisotopic (exact) mass is 324 g/mol. The van der Waals surface area contributed by atoms with Crippen LogP contribution < -0.4 is 10.6 Å². The topological polar surface area (TPSA) is 95.6 Å². The first kappa shape index (κ1) is 13.5. The van der Waals surface area contributed by atoms with Gasteiger partial charge in [0.05, 0.1) is 11.6 Å². The molecular weight excluding hydrogens is 312 g/mol. The van der Waals surface area contributed by atoms with E-state index in [2.05, 4.69) is 46.7 Å². The lowest BCUT2D eigenvalue weighted by Gasteiger charge is -2.13. The van der Waals surface area contributed by atoms with Crippen LogP contribution in [0.25, 0.3) is 0 Å². The molecule has 100 valence electrons. The van der Waals surface area contributed by atoms with E-state index >= 15 is 0 Å². The van der Waals surface area contributed by atoms with Gasteiger partial charge in [0, 0.05) is 17.7 Å². The van der Waals surface area contributed by atoms with E-state index in [-0.39, 0.29) is 11.9 Å². The Kier molecular flexibility index (Phi) is 4.10. The largest absolute Gasteiger partial charge is 0.372 e. The van der Waals surface area contributed by atoms with Crippen molar-refractivity contribution in [1.29, 1.82) is 0 Å². The molecule has 7 nitrogen and oxygen atoms in total. The van der Waals surface area contributed by atoms with Gasteiger partial charge in [-0.25, -0.2) is 9.97 Å². The lowest BCUT2D eigenvalue weighted by Crippen LogP contribution is -2.28. The summed E-state index contributed by atoms with van der Waals surface area (Å²) < 4.78 is 0.740. The quantitative estimate of drug-likeness (QED) is 0.792. The van der Waals surface area contributed by atoms with E-state index in [1.54, 1.807) is 19.3 Å². The normalized spacial score (nSPS) is 11.9. The fourth-order valence-corrected chi connectivity index (χ4v) is 1.91. The molecule has 1 atom stereocenters. The molecule has 19 heavy (non-hydrogen) atoms. The van der Waals surface area contributed by atoms with E-state index in [1.165, 1.54) is 6.33 Å². The fraction of sp³-hybridized carbons (Fsp3) is 0.273. The van der Waals surface area contributed by atoms with Gasteiger partial charge in [-0.1, -0.05) is 0 Å². The van der Waals surface area contributed by atoms with E-state index in [1.807, 2.05) is 6.92 Å². The zero-order valence-electron chi connectivity index (χ0n) is 10.4. The van der Waals surface area contributed by atoms with Crippen molar-refractivity contribution < 1.29 is 4.79 Å². The lowest BCUT2D eigenvalue weighted by atomic mass is 10.2. The highest BCUT2D eigenvalue weighted by Gasteiger charge is 2.17. The molecule has 8 heteroatoms. The molecule has 2 heterocycles. The highest BCUT2D eigenvalue weighted by atomic mass is 79.9. The van der Waals surface area contributed by atoms with Crippen molar-refractivity contribution in [3.63, 3.8) is 0 Å². The van der Waals surface area contributed by atoms with Crippen molar-refractivity contribution in [2.75, 3.05) is 12.4 Å². The minimum absolute atomic E-state index is 0.234. The first-order valence-corrected chi connectivity index (χ1v) is 6.40. The van der Waals surface area contributed by atoms with Crippen molar-refractivity contribution in [3.8, 4) is 0 Å². The van der Waals surface area contributed by atoms with Gasteiger partial charge in [-0.3, -0.25) is 9.89 Å². The summed E-state index contributed by atoms with van der Waals surface area (Å²) in [5.74, 6) is 0.884. The number of rotatable bonds is 4. The first-order chi connectivity index (χ1) is 9.11. The molecule has 0 aromatic carbocycles. The number of carbonyl (C=O) groups excluding carboxylic acids is 1. The molecule has 0 bridgehead atoms. The van der Waals surface area contributed by atoms with Crippen LogP contribution in [0.15, 0.2) is 23.1 Å². The Balaban J connectivity index is 2.18. The molecule has 0 saturated heterocycles. The zero-order valence-corrected chi connectivity index (χ0v) is 12.0. The number of aromatic nitrogens is 4. The minimum Gasteiger partial charge on any atom is -0.372 e. The van der Waals surface area contributed by atoms with Crippen molar-refractivity contribution in [2.45, 2.75) is 13.0 Å². The Labute approximate surface area is 118 Å². The second-order valence-corrected chi connectivity index (χ2v) is 4.78. The van der Waals surface area contributed by atoms with Gasteiger partial charge >= 0.3 is 0 Å². The Morgan fingerprint density at radius 1 is 1.47 bits per heavy atom. The molecule has 2 rings (SSSR count). The van der Waals surface area contributed by atoms with Crippen LogP contribution in [0.5, 0.6) is 0 Å². The maximum absolute atomic E-state index is 12.2. The molecule has 2 aromatic rings. The average Bonchev–Trinajstić information content (AvgIpc) is 2.92. The van der Waals surface area contributed by atoms with Gasteiger partial charge < -0.3 is 10.6 Å². The number of nitrogens with one attached hydrogen (secondary N) is 3. The van der Waals surface area contributed by atoms with Gasteiger partial charge in [0.1, 0.15) is 18.0 Å². The summed E-state index contributed by atoms with van der Waals surface area (Å²) in [5.41, 5.74) is 0.461. The molecule has 0 aliphatic rings. The van der Waals surface area contributed by atoms with E-state index in [4.69, 9.17) is 0 Å². The van der Waals surface area contributed by atoms with Crippen molar-refractivity contribution in [1.82, 2.24) is 25.5 Å². The number of anilines is 1. The molecule has 0 saturated carbocycles. The van der Waals surface area contributed by atoms with Gasteiger partial charge in [-0.2, -0.15) is 5.10 Å². The summed E-state index contributed by atoms with van der Waals surface area (Å²) in [6.45, 7) is 1.82. The van der Waals surface area contributed by atoms with E-state index < -0.39 is 0 Å². The number of carbonyl (C=O) groups is 1. The standard InChI is InChI=1S/C11H13BrN6O/c1-6(9-15-5-16-18-9)17-11(19)8-3-7(12)4-14-10(8)13-2/h3-6H,1-2H3,(H,13,14)(H,17,19)(H,15,16,18). The number of H-pyrrole nitrogens is 1. The number of hydrogen-bond donors (Lipinski definition) is 3. The average molecular weight is 325 g/mol. The molecule has 0 aliphatic heterocycles. The third-order valence-corrected chi connectivity index (χ3v) is 2.96. The summed E-state index contributed by atoms with van der Waals surface area (Å²) >= 11 is 3.30. The number of hydrogen-bond acceptors (Lipinski definition) is 5. The Morgan fingerprint density at radius 3 is 2.89 bits per heavy atom. The highest BCUT2D eigenvalue weighted by Crippen LogP contribution is 2.18. The second-order valence-electron chi connectivity index (χ2n) is 3.87. The molecular formula is C11H13BrN6O. The van der Waals surface area contributed by atoms with Crippen LogP contribution in [0.3, 0.4) is 0 Å². The van der Waals surface area contributed by atoms with Gasteiger partial charge in [-0.15, -0.1) is 0 Å². The molecule has 0 aliphatic carbocycles. The Hall–Kier alpha value is -1.96. The number of amides is 1. The van der Waals surface area contributed by atoms with Crippen LogP contribution in [0, 0.1) is 0 Å². The zero-order chi connectivity index (χ0) is 13.8. The summed E-state index contributed by atoms with van der Waals surface area (Å²) in [5, 5.41) is 12.2. The van der Waals surface area contributed by atoms with Crippen LogP contribution in [0.2, 0.25) is 0 Å². The van der Waals surface area contributed by atoms with Gasteiger partial charge in [0.25, 0.3) is 5.91 Å². The number of nitrogens with zero attached hydrogens (tertiary/aromatic N) is 3. The van der Waals surface area contributed by atoms with Crippen LogP contribution >= 0.6 is 15.9 Å². The van der Waals surface area contributed by atoms with Crippen LogP contribution in [0.1, 0.15) is 29.1 Å². The lowest BCUT2D eigenvalue weighted by molar-refractivity contribution is 0.0939. The Morgan fingerprint density at radius 2 is 2.26 bits per heavy atom. The maximum Gasteiger partial charge on any atom is 0.255 e. The molecule has 0 spiro atoms. The van der Waals surface area contributed by atoms with E-state index in [0.717, 1.165) is 4.47 Å². The van der Waals surface area contributed by atoms with E-state index in [0.29, 0.717) is 17.2 Å². The molecule has 0 radical (unpaired) electrons. The van der Waals surface area contributed by atoms with Crippen LogP contribution in [-0.4, -0.2) is 33.1 Å². The van der Waals surface area contributed by atoms with Gasteiger partial charge in [0.2, 0.25) is 0 Å². The summed E-state index contributed by atoms with van der Waals surface area (Å²) in [6.07, 6.45) is 3.03. The fourth-order valence-electron chi connectivity index (χ4n) is 1.58. The predicted molar refractivity (Wildman–Crippen MR) is 73.7 cm³/mol. The molecule has 1 amide bonds. The summed E-state index contributed by atoms with van der Waals surface area (Å²) in [6, 6.07) is 1.44. The molecule has 1 unspecified atom stereocenters. The minimum atomic E-state index is -0.265. The predicted octanol–water partition coefficient (Wildman–Crippen LogP) is 1.49. The molecule has 0 fully saturated rings. The highest BCUT2D eigenvalue weighted by molar-refractivity contribution is 9.10. The number of halogens is 1. The van der Waals surface area contributed by atoms with Crippen LogP contribution in [-0.2, 0) is 0 Å². The third kappa shape index (κ3) is 3.08. The second kappa shape index (κ2) is 5.79. The summed E-state index contributed by atoms with van der Waals surface area (Å²) in [4.78, 5) is 20.3. The van der Waals surface area contributed by atoms with Crippen LogP contribution in [0.4, 0.5) is 5.82 Å². The SMILES string of the molecule is CNc1ncc(Br)cc1C(=O)NC(C)c1ncn[nH]1. The van der Waals surface area contributed by atoms with E-state index in [9.17, 15) is 4.79 Å². The summed E-state index contributed by atoms with van der Waals surface area (Å²) in [7, 11) is 1.72. The maximum atomic E-state index is 12.2. The molecule has 2 aromatic heterocycles. The Bertz CT molecular complexity index is 571. The van der Waals surface area contributed by atoms with Crippen molar-refractivity contribution >= 4 is 27.7 Å². The van der Waals surface area contributed by atoms with Gasteiger partial charge in [0.15, 0.2) is 0 Å². The van der Waals surface area contributed by atoms with Crippen molar-refractivity contribution in [2.24, 2.45) is 0 Å². The molecule has 3 N–H and O–H groups in total. The third-order valence-electron chi connectivity index (χ3n) is 2.53. The first-order valence-electron chi connectivity index (χ1n) is 5.61.